The van der Waals surface area contributed by atoms with Crippen LogP contribution < -0.4 is 5.32 Å². The summed E-state index contributed by atoms with van der Waals surface area (Å²) >= 11 is 11.8. The van der Waals surface area contributed by atoms with Crippen molar-refractivity contribution in [3.63, 3.8) is 0 Å². The van der Waals surface area contributed by atoms with Gasteiger partial charge in [-0.2, -0.15) is 0 Å². The van der Waals surface area contributed by atoms with Crippen molar-refractivity contribution in [2.45, 2.75) is 13.5 Å². The van der Waals surface area contributed by atoms with E-state index in [1.165, 1.54) is 12.1 Å². The number of hydrogen-bond donors (Lipinski definition) is 1. The molecule has 1 heterocycles. The Bertz CT molecular complexity index is 838. The largest absolute Gasteiger partial charge is 0.350 e. The summed E-state index contributed by atoms with van der Waals surface area (Å²) in [7, 11) is 0. The number of imide groups is 1. The second-order valence-electron chi connectivity index (χ2n) is 5.77. The molecule has 5 nitrogen and oxygen atoms in total. The number of aryl methyl sites for hydroxylation is 1. The fraction of sp³-hybridized carbons (Fsp3) is 0.167. The second kappa shape index (κ2) is 6.86. The number of benzene rings is 2. The lowest BCUT2D eigenvalue weighted by Gasteiger charge is -2.13. The maximum Gasteiger partial charge on any atom is 0.262 e. The Kier molecular flexibility index (Phi) is 4.79. The zero-order valence-corrected chi connectivity index (χ0v) is 14.8. The van der Waals surface area contributed by atoms with Crippen molar-refractivity contribution in [2.24, 2.45) is 0 Å². The van der Waals surface area contributed by atoms with E-state index in [9.17, 15) is 14.4 Å². The minimum Gasteiger partial charge on any atom is -0.350 e. The van der Waals surface area contributed by atoms with Crippen LogP contribution in [-0.2, 0) is 11.3 Å². The SMILES string of the molecule is Cc1ccc(CNC(=O)CN2C(=O)c3cc(Cl)c(Cl)cc3C2=O)cc1. The van der Waals surface area contributed by atoms with Gasteiger partial charge in [0.15, 0.2) is 0 Å². The van der Waals surface area contributed by atoms with Crippen LogP contribution in [0.4, 0.5) is 0 Å². The summed E-state index contributed by atoms with van der Waals surface area (Å²) < 4.78 is 0. The van der Waals surface area contributed by atoms with E-state index in [0.717, 1.165) is 16.0 Å². The molecule has 2 aromatic carbocycles. The number of carbonyl (C=O) groups is 3. The quantitative estimate of drug-likeness (QED) is 0.833. The van der Waals surface area contributed by atoms with Crippen LogP contribution in [0.1, 0.15) is 31.8 Å². The van der Waals surface area contributed by atoms with Crippen molar-refractivity contribution in [1.82, 2.24) is 10.2 Å². The maximum atomic E-state index is 12.3. The van der Waals surface area contributed by atoms with Gasteiger partial charge in [-0.25, -0.2) is 0 Å². The molecule has 25 heavy (non-hydrogen) atoms. The monoisotopic (exact) mass is 376 g/mol. The van der Waals surface area contributed by atoms with E-state index in [-0.39, 0.29) is 27.7 Å². The molecule has 3 amide bonds. The number of nitrogens with zero attached hydrogens (tertiary/aromatic N) is 1. The zero-order chi connectivity index (χ0) is 18.1. The highest BCUT2D eigenvalue weighted by Gasteiger charge is 2.37. The predicted molar refractivity (Wildman–Crippen MR) is 94.9 cm³/mol. The Morgan fingerprint density at radius 3 is 2.04 bits per heavy atom. The van der Waals surface area contributed by atoms with E-state index in [1.54, 1.807) is 0 Å². The molecular formula is C18H14Cl2N2O3. The van der Waals surface area contributed by atoms with Gasteiger partial charge in [0, 0.05) is 6.54 Å². The van der Waals surface area contributed by atoms with Crippen molar-refractivity contribution in [3.05, 3.63) is 68.7 Å². The van der Waals surface area contributed by atoms with E-state index < -0.39 is 17.7 Å². The minimum atomic E-state index is -0.552. The molecule has 2 aromatic rings. The van der Waals surface area contributed by atoms with Crippen LogP contribution in [0.15, 0.2) is 36.4 Å². The first kappa shape index (κ1) is 17.5. The first-order chi connectivity index (χ1) is 11.9. The van der Waals surface area contributed by atoms with Gasteiger partial charge in [-0.05, 0) is 24.6 Å². The number of nitrogens with one attached hydrogen (secondary N) is 1. The fourth-order valence-corrected chi connectivity index (χ4v) is 2.86. The Hall–Kier alpha value is -2.37. The Morgan fingerprint density at radius 1 is 1.00 bits per heavy atom. The normalized spacial score (nSPS) is 13.2. The van der Waals surface area contributed by atoms with Gasteiger partial charge in [0.05, 0.1) is 21.2 Å². The Labute approximate surface area is 154 Å². The molecule has 0 aliphatic carbocycles. The molecule has 1 aliphatic rings. The molecule has 0 aromatic heterocycles. The maximum absolute atomic E-state index is 12.3. The summed E-state index contributed by atoms with van der Waals surface area (Å²) in [6.07, 6.45) is 0. The smallest absolute Gasteiger partial charge is 0.262 e. The first-order valence-corrected chi connectivity index (χ1v) is 8.30. The second-order valence-corrected chi connectivity index (χ2v) is 6.59. The number of fused-ring (bicyclic) bond motifs is 1. The number of carbonyl (C=O) groups excluding carboxylic acids is 3. The topological polar surface area (TPSA) is 66.5 Å². The fourth-order valence-electron chi connectivity index (χ4n) is 2.53. The number of hydrogen-bond acceptors (Lipinski definition) is 3. The molecule has 0 spiro atoms. The summed E-state index contributed by atoms with van der Waals surface area (Å²) in [5, 5.41) is 3.07. The summed E-state index contributed by atoms with van der Waals surface area (Å²) in [5.74, 6) is -1.53. The zero-order valence-electron chi connectivity index (χ0n) is 13.3. The lowest BCUT2D eigenvalue weighted by molar-refractivity contribution is -0.121. The molecule has 0 radical (unpaired) electrons. The van der Waals surface area contributed by atoms with Gasteiger partial charge >= 0.3 is 0 Å². The molecular weight excluding hydrogens is 363 g/mol. The molecule has 1 aliphatic heterocycles. The summed E-state index contributed by atoms with van der Waals surface area (Å²) in [5.41, 5.74) is 2.37. The van der Waals surface area contributed by atoms with Crippen LogP contribution in [0, 0.1) is 6.92 Å². The van der Waals surface area contributed by atoms with Gasteiger partial charge in [0.25, 0.3) is 11.8 Å². The third kappa shape index (κ3) is 3.52. The number of rotatable bonds is 4. The van der Waals surface area contributed by atoms with Crippen molar-refractivity contribution >= 4 is 40.9 Å². The highest BCUT2D eigenvalue weighted by Crippen LogP contribution is 2.31. The molecule has 7 heteroatoms. The molecule has 0 fully saturated rings. The van der Waals surface area contributed by atoms with Gasteiger partial charge in [-0.3, -0.25) is 19.3 Å². The lowest BCUT2D eigenvalue weighted by atomic mass is 10.1. The van der Waals surface area contributed by atoms with Gasteiger partial charge < -0.3 is 5.32 Å². The molecule has 128 valence electrons. The van der Waals surface area contributed by atoms with E-state index >= 15 is 0 Å². The Balaban J connectivity index is 1.67. The average Bonchev–Trinajstić information content (AvgIpc) is 2.80. The molecule has 1 N–H and O–H groups in total. The van der Waals surface area contributed by atoms with E-state index in [0.29, 0.717) is 6.54 Å². The van der Waals surface area contributed by atoms with E-state index in [4.69, 9.17) is 23.2 Å². The van der Waals surface area contributed by atoms with Crippen molar-refractivity contribution in [1.29, 1.82) is 0 Å². The molecule has 0 saturated carbocycles. The molecule has 0 bridgehead atoms. The summed E-state index contributed by atoms with van der Waals surface area (Å²) in [6, 6.07) is 10.4. The van der Waals surface area contributed by atoms with Gasteiger partial charge in [0.2, 0.25) is 5.91 Å². The van der Waals surface area contributed by atoms with Gasteiger partial charge in [-0.1, -0.05) is 53.0 Å². The average molecular weight is 377 g/mol. The molecule has 3 rings (SSSR count). The van der Waals surface area contributed by atoms with Crippen molar-refractivity contribution in [2.75, 3.05) is 6.54 Å². The summed E-state index contributed by atoms with van der Waals surface area (Å²) in [6.45, 7) is 1.94. The molecule has 0 unspecified atom stereocenters. The van der Waals surface area contributed by atoms with E-state index in [2.05, 4.69) is 5.32 Å². The molecule has 0 saturated heterocycles. The van der Waals surface area contributed by atoms with Gasteiger partial charge in [0.1, 0.15) is 6.54 Å². The Morgan fingerprint density at radius 2 is 1.52 bits per heavy atom. The van der Waals surface area contributed by atoms with Crippen LogP contribution in [-0.4, -0.2) is 29.2 Å². The van der Waals surface area contributed by atoms with Crippen LogP contribution in [0.5, 0.6) is 0 Å². The number of amides is 3. The third-order valence-corrected chi connectivity index (χ3v) is 4.65. The van der Waals surface area contributed by atoms with Crippen LogP contribution in [0.25, 0.3) is 0 Å². The minimum absolute atomic E-state index is 0.158. The van der Waals surface area contributed by atoms with Crippen LogP contribution >= 0.6 is 23.2 Å². The van der Waals surface area contributed by atoms with Crippen LogP contribution in [0.3, 0.4) is 0 Å². The van der Waals surface area contributed by atoms with Crippen molar-refractivity contribution in [3.8, 4) is 0 Å². The van der Waals surface area contributed by atoms with Crippen LogP contribution in [0.2, 0.25) is 10.0 Å². The lowest BCUT2D eigenvalue weighted by Crippen LogP contribution is -2.40. The first-order valence-electron chi connectivity index (χ1n) is 7.54. The summed E-state index contributed by atoms with van der Waals surface area (Å²) in [4.78, 5) is 37.7. The standard InChI is InChI=1S/C18H14Cl2N2O3/c1-10-2-4-11(5-3-10)8-21-16(23)9-22-17(24)12-6-14(19)15(20)7-13(12)18(22)25/h2-7H,8-9H2,1H3,(H,21,23). The molecule has 0 atom stereocenters. The highest BCUT2D eigenvalue weighted by atomic mass is 35.5. The predicted octanol–water partition coefficient (Wildman–Crippen LogP) is 3.21. The number of halogens is 2. The van der Waals surface area contributed by atoms with Crippen molar-refractivity contribution < 1.29 is 14.4 Å². The van der Waals surface area contributed by atoms with E-state index in [1.807, 2.05) is 31.2 Å². The third-order valence-electron chi connectivity index (χ3n) is 3.92. The highest BCUT2D eigenvalue weighted by molar-refractivity contribution is 6.43. The van der Waals surface area contributed by atoms with Gasteiger partial charge in [-0.15, -0.1) is 0 Å².